The van der Waals surface area contributed by atoms with Crippen LogP contribution in [0.5, 0.6) is 0 Å². The molecule has 0 amide bonds. The van der Waals surface area contributed by atoms with Crippen molar-refractivity contribution in [1.82, 2.24) is 15.1 Å². The molecule has 2 unspecified atom stereocenters. The third-order valence-corrected chi connectivity index (χ3v) is 5.79. The largest absolute Gasteiger partial charge is 0.378 e. The van der Waals surface area contributed by atoms with E-state index in [0.717, 1.165) is 44.5 Å². The van der Waals surface area contributed by atoms with E-state index in [-0.39, 0.29) is 0 Å². The third kappa shape index (κ3) is 3.38. The average Bonchev–Trinajstić information content (AvgIpc) is 2.93. The summed E-state index contributed by atoms with van der Waals surface area (Å²) in [6.45, 7) is 8.81. The number of rotatable bonds is 4. The molecule has 0 spiro atoms. The predicted octanol–water partition coefficient (Wildman–Crippen LogP) is 2.98. The Morgan fingerprint density at radius 1 is 1.23 bits per heavy atom. The van der Waals surface area contributed by atoms with Gasteiger partial charge in [-0.3, -0.25) is 4.68 Å². The summed E-state index contributed by atoms with van der Waals surface area (Å²) in [5.41, 5.74) is 5.42. The molecular weight excluding hydrogens is 324 g/mol. The molecule has 1 N–H and O–H groups in total. The lowest BCUT2D eigenvalue weighted by Gasteiger charge is -2.32. The Morgan fingerprint density at radius 3 is 2.81 bits per heavy atom. The van der Waals surface area contributed by atoms with Crippen molar-refractivity contribution in [2.45, 2.75) is 39.3 Å². The second-order valence-corrected chi connectivity index (χ2v) is 7.79. The van der Waals surface area contributed by atoms with Crippen LogP contribution in [-0.2, 0) is 24.8 Å². The van der Waals surface area contributed by atoms with Crippen LogP contribution in [0.2, 0.25) is 0 Å². The molecule has 5 heteroatoms. The number of aromatic nitrogens is 2. The van der Waals surface area contributed by atoms with Crippen molar-refractivity contribution in [1.29, 1.82) is 0 Å². The number of benzene rings is 1. The molecule has 4 rings (SSSR count). The van der Waals surface area contributed by atoms with Gasteiger partial charge in [-0.05, 0) is 36.8 Å². The van der Waals surface area contributed by atoms with Crippen LogP contribution in [0.3, 0.4) is 0 Å². The lowest BCUT2D eigenvalue weighted by molar-refractivity contribution is 0.122. The van der Waals surface area contributed by atoms with Crippen molar-refractivity contribution in [2.24, 2.45) is 13.0 Å². The van der Waals surface area contributed by atoms with Crippen LogP contribution >= 0.6 is 0 Å². The Bertz CT molecular complexity index is 763. The number of nitrogens with one attached hydrogen (secondary N) is 1. The van der Waals surface area contributed by atoms with Crippen LogP contribution < -0.4 is 10.2 Å². The minimum absolute atomic E-state index is 0.423. The number of nitrogens with zero attached hydrogens (tertiary/aromatic N) is 3. The first-order chi connectivity index (χ1) is 12.6. The molecule has 1 aliphatic heterocycles. The Kier molecular flexibility index (Phi) is 5.00. The highest BCUT2D eigenvalue weighted by atomic mass is 16.5. The molecule has 2 atom stereocenters. The van der Waals surface area contributed by atoms with Gasteiger partial charge in [0.25, 0.3) is 0 Å². The Hall–Kier alpha value is -1.85. The first-order valence-corrected chi connectivity index (χ1v) is 9.80. The summed E-state index contributed by atoms with van der Waals surface area (Å²) in [5, 5.41) is 8.55. The summed E-state index contributed by atoms with van der Waals surface area (Å²) in [7, 11) is 2.05. The summed E-state index contributed by atoms with van der Waals surface area (Å²) < 4.78 is 7.56. The normalized spacial score (nSPS) is 23.1. The van der Waals surface area contributed by atoms with Crippen LogP contribution in [-0.4, -0.2) is 36.1 Å². The highest BCUT2D eigenvalue weighted by Gasteiger charge is 2.26. The molecular formula is C21H30N4O. The molecule has 2 aromatic rings. The van der Waals surface area contributed by atoms with Crippen molar-refractivity contribution in [3.05, 3.63) is 46.6 Å². The minimum Gasteiger partial charge on any atom is -0.378 e. The Morgan fingerprint density at radius 2 is 2.00 bits per heavy atom. The van der Waals surface area contributed by atoms with Gasteiger partial charge in [0, 0.05) is 38.3 Å². The van der Waals surface area contributed by atoms with Gasteiger partial charge in [-0.2, -0.15) is 5.10 Å². The lowest BCUT2D eigenvalue weighted by atomic mass is 9.81. The van der Waals surface area contributed by atoms with E-state index in [1.165, 1.54) is 35.3 Å². The van der Waals surface area contributed by atoms with Gasteiger partial charge in [-0.1, -0.05) is 31.2 Å². The second kappa shape index (κ2) is 7.41. The fourth-order valence-corrected chi connectivity index (χ4v) is 4.53. The molecule has 2 heterocycles. The first-order valence-electron chi connectivity index (χ1n) is 9.80. The zero-order chi connectivity index (χ0) is 18.1. The topological polar surface area (TPSA) is 42.3 Å². The van der Waals surface area contributed by atoms with Gasteiger partial charge < -0.3 is 15.0 Å². The van der Waals surface area contributed by atoms with E-state index in [4.69, 9.17) is 9.84 Å². The Labute approximate surface area is 156 Å². The van der Waals surface area contributed by atoms with Gasteiger partial charge in [0.2, 0.25) is 0 Å². The average molecular weight is 354 g/mol. The van der Waals surface area contributed by atoms with E-state index in [0.29, 0.717) is 6.04 Å². The first kappa shape index (κ1) is 17.6. The van der Waals surface area contributed by atoms with E-state index >= 15 is 0 Å². The molecule has 140 valence electrons. The van der Waals surface area contributed by atoms with Crippen LogP contribution in [0.4, 0.5) is 5.82 Å². The van der Waals surface area contributed by atoms with E-state index in [1.54, 1.807) is 0 Å². The van der Waals surface area contributed by atoms with Gasteiger partial charge in [-0.25, -0.2) is 0 Å². The monoisotopic (exact) mass is 354 g/mol. The van der Waals surface area contributed by atoms with Crippen molar-refractivity contribution in [3.8, 4) is 0 Å². The van der Waals surface area contributed by atoms with Gasteiger partial charge in [0.1, 0.15) is 5.82 Å². The van der Waals surface area contributed by atoms with Crippen molar-refractivity contribution in [2.75, 3.05) is 31.2 Å². The molecule has 26 heavy (non-hydrogen) atoms. The molecule has 0 radical (unpaired) electrons. The number of aryl methyl sites for hydroxylation is 2. The van der Waals surface area contributed by atoms with E-state index in [1.807, 2.05) is 4.68 Å². The second-order valence-electron chi connectivity index (χ2n) is 7.79. The molecule has 0 saturated carbocycles. The number of anilines is 1. The SMILES string of the molecule is Cc1nn(C)c(N2CCOCC2)c1CNC1CC(C)Cc2ccccc21. The zero-order valence-corrected chi connectivity index (χ0v) is 16.2. The predicted molar refractivity (Wildman–Crippen MR) is 104 cm³/mol. The van der Waals surface area contributed by atoms with Gasteiger partial charge in [0.15, 0.2) is 0 Å². The van der Waals surface area contributed by atoms with Crippen LogP contribution in [0.15, 0.2) is 24.3 Å². The van der Waals surface area contributed by atoms with Crippen molar-refractivity contribution in [3.63, 3.8) is 0 Å². The standard InChI is InChI=1S/C21H30N4O/c1-15-12-17-6-4-5-7-18(17)20(13-15)22-14-19-16(2)23-24(3)21(19)25-8-10-26-11-9-25/h4-7,15,20,22H,8-14H2,1-3H3. The van der Waals surface area contributed by atoms with E-state index in [2.05, 4.69) is 55.4 Å². The minimum atomic E-state index is 0.423. The highest BCUT2D eigenvalue weighted by molar-refractivity contribution is 5.50. The lowest BCUT2D eigenvalue weighted by Crippen LogP contribution is -2.38. The molecule has 5 nitrogen and oxygen atoms in total. The van der Waals surface area contributed by atoms with Crippen molar-refractivity contribution >= 4 is 5.82 Å². The summed E-state index contributed by atoms with van der Waals surface area (Å²) in [4.78, 5) is 2.41. The number of ether oxygens (including phenoxy) is 1. The van der Waals surface area contributed by atoms with Crippen LogP contribution in [0.25, 0.3) is 0 Å². The van der Waals surface area contributed by atoms with Gasteiger partial charge >= 0.3 is 0 Å². The van der Waals surface area contributed by atoms with Gasteiger partial charge in [0.05, 0.1) is 18.9 Å². The number of morpholine rings is 1. The summed E-state index contributed by atoms with van der Waals surface area (Å²) in [6.07, 6.45) is 2.39. The maximum absolute atomic E-state index is 5.53. The maximum Gasteiger partial charge on any atom is 0.131 e. The maximum atomic E-state index is 5.53. The number of hydrogen-bond acceptors (Lipinski definition) is 4. The molecule has 0 bridgehead atoms. The summed E-state index contributed by atoms with van der Waals surface area (Å²) in [6, 6.07) is 9.33. The highest BCUT2D eigenvalue weighted by Crippen LogP contribution is 2.34. The van der Waals surface area contributed by atoms with E-state index in [9.17, 15) is 0 Å². The molecule has 1 aromatic carbocycles. The fraction of sp³-hybridized carbons (Fsp3) is 0.571. The zero-order valence-electron chi connectivity index (χ0n) is 16.2. The molecule has 1 saturated heterocycles. The Balaban J connectivity index is 1.55. The summed E-state index contributed by atoms with van der Waals surface area (Å²) >= 11 is 0. The smallest absolute Gasteiger partial charge is 0.131 e. The van der Waals surface area contributed by atoms with E-state index < -0.39 is 0 Å². The summed E-state index contributed by atoms with van der Waals surface area (Å²) in [5.74, 6) is 1.96. The number of fused-ring (bicyclic) bond motifs is 1. The number of hydrogen-bond donors (Lipinski definition) is 1. The van der Waals surface area contributed by atoms with Gasteiger partial charge in [-0.15, -0.1) is 0 Å². The fourth-order valence-electron chi connectivity index (χ4n) is 4.53. The third-order valence-electron chi connectivity index (χ3n) is 5.79. The molecule has 2 aliphatic rings. The molecule has 1 fully saturated rings. The molecule has 1 aliphatic carbocycles. The quantitative estimate of drug-likeness (QED) is 0.917. The van der Waals surface area contributed by atoms with Crippen LogP contribution in [0, 0.1) is 12.8 Å². The van der Waals surface area contributed by atoms with Crippen molar-refractivity contribution < 1.29 is 4.74 Å². The molecule has 1 aromatic heterocycles. The van der Waals surface area contributed by atoms with Crippen LogP contribution in [0.1, 0.15) is 41.8 Å².